The molecule has 0 aliphatic heterocycles. The maximum absolute atomic E-state index is 11.7. The molecular formula is C13H16INO4. The molecule has 0 aromatic heterocycles. The normalized spacial score (nSPS) is 13.2. The number of hydrogen-bond donors (Lipinski definition) is 1. The predicted molar refractivity (Wildman–Crippen MR) is 79.1 cm³/mol. The maximum Gasteiger partial charge on any atom is 0.408 e. The van der Waals surface area contributed by atoms with Crippen LogP contribution in [-0.4, -0.2) is 29.1 Å². The molecular weight excluding hydrogens is 361 g/mol. The van der Waals surface area contributed by atoms with Crippen LogP contribution in [0.1, 0.15) is 12.5 Å². The highest BCUT2D eigenvalue weighted by Gasteiger charge is 2.35. The fourth-order valence-electron chi connectivity index (χ4n) is 1.35. The topological polar surface area (TPSA) is 64.6 Å². The van der Waals surface area contributed by atoms with Gasteiger partial charge in [-0.2, -0.15) is 0 Å². The first-order chi connectivity index (χ1) is 9.01. The van der Waals surface area contributed by atoms with Crippen LogP contribution >= 0.6 is 22.6 Å². The van der Waals surface area contributed by atoms with Crippen LogP contribution in [0, 0.1) is 0 Å². The number of carbonyl (C=O) groups is 2. The van der Waals surface area contributed by atoms with E-state index in [9.17, 15) is 9.59 Å². The number of amides is 1. The lowest BCUT2D eigenvalue weighted by atomic mass is 10.1. The van der Waals surface area contributed by atoms with Gasteiger partial charge in [0.05, 0.1) is 7.11 Å². The van der Waals surface area contributed by atoms with Gasteiger partial charge >= 0.3 is 12.1 Å². The van der Waals surface area contributed by atoms with Crippen molar-refractivity contribution in [3.63, 3.8) is 0 Å². The summed E-state index contributed by atoms with van der Waals surface area (Å²) in [5.41, 5.74) is -0.199. The molecule has 6 heteroatoms. The third kappa shape index (κ3) is 4.70. The third-order valence-electron chi connectivity index (χ3n) is 2.49. The molecule has 0 heterocycles. The number of hydrogen-bond acceptors (Lipinski definition) is 4. The van der Waals surface area contributed by atoms with E-state index in [0.717, 1.165) is 5.56 Å². The number of halogens is 1. The van der Waals surface area contributed by atoms with Crippen molar-refractivity contribution in [2.45, 2.75) is 19.1 Å². The summed E-state index contributed by atoms with van der Waals surface area (Å²) >= 11 is 2.01. The third-order valence-corrected chi connectivity index (χ3v) is 4.02. The number of nitrogens with one attached hydrogen (secondary N) is 1. The van der Waals surface area contributed by atoms with Gasteiger partial charge in [0.2, 0.25) is 0 Å². The van der Waals surface area contributed by atoms with Crippen LogP contribution in [0.5, 0.6) is 0 Å². The zero-order valence-corrected chi connectivity index (χ0v) is 13.0. The number of esters is 1. The fraction of sp³-hybridized carbons (Fsp3) is 0.385. The molecule has 0 radical (unpaired) electrons. The molecule has 1 aromatic rings. The van der Waals surface area contributed by atoms with E-state index in [1.807, 2.05) is 52.9 Å². The van der Waals surface area contributed by atoms with Crippen LogP contribution in [0.25, 0.3) is 0 Å². The monoisotopic (exact) mass is 377 g/mol. The molecule has 104 valence electrons. The SMILES string of the molecule is COC(=O)C(C)(CI)NC(=O)OCc1ccccc1. The molecule has 1 aromatic carbocycles. The standard InChI is InChI=1S/C13H16INO4/c1-13(9-14,11(16)18-2)15-12(17)19-8-10-6-4-3-5-7-10/h3-7H,8-9H2,1-2H3,(H,15,17). The Balaban J connectivity index is 2.52. The van der Waals surface area contributed by atoms with Crippen molar-refractivity contribution >= 4 is 34.7 Å². The Bertz CT molecular complexity index is 438. The zero-order valence-electron chi connectivity index (χ0n) is 10.8. The summed E-state index contributed by atoms with van der Waals surface area (Å²) in [6.07, 6.45) is -0.645. The van der Waals surface area contributed by atoms with E-state index >= 15 is 0 Å². The van der Waals surface area contributed by atoms with Gasteiger partial charge in [-0.1, -0.05) is 52.9 Å². The van der Waals surface area contributed by atoms with Gasteiger partial charge < -0.3 is 14.8 Å². The summed E-state index contributed by atoms with van der Waals surface area (Å²) in [5.74, 6) is -0.501. The lowest BCUT2D eigenvalue weighted by Crippen LogP contribution is -2.54. The molecule has 0 aliphatic carbocycles. The van der Waals surface area contributed by atoms with Crippen molar-refractivity contribution in [2.24, 2.45) is 0 Å². The Morgan fingerprint density at radius 1 is 1.32 bits per heavy atom. The van der Waals surface area contributed by atoms with Gasteiger partial charge in [0.15, 0.2) is 0 Å². The van der Waals surface area contributed by atoms with Crippen molar-refractivity contribution < 1.29 is 19.1 Å². The van der Waals surface area contributed by atoms with Gasteiger partial charge in [0.1, 0.15) is 12.1 Å². The molecule has 0 aliphatic rings. The minimum atomic E-state index is -1.08. The van der Waals surface area contributed by atoms with Crippen LogP contribution < -0.4 is 5.32 Å². The summed E-state index contributed by atoms with van der Waals surface area (Å²) in [6.45, 7) is 1.75. The van der Waals surface area contributed by atoms with Crippen LogP contribution in [0.3, 0.4) is 0 Å². The lowest BCUT2D eigenvalue weighted by Gasteiger charge is -2.25. The van der Waals surface area contributed by atoms with Gasteiger partial charge in [-0.3, -0.25) is 0 Å². The summed E-state index contributed by atoms with van der Waals surface area (Å²) in [5, 5.41) is 2.52. The first kappa shape index (κ1) is 15.7. The fourth-order valence-corrected chi connectivity index (χ4v) is 1.85. The van der Waals surface area contributed by atoms with E-state index < -0.39 is 17.6 Å². The lowest BCUT2D eigenvalue weighted by molar-refractivity contribution is -0.146. The van der Waals surface area contributed by atoms with Crippen LogP contribution in [0.15, 0.2) is 30.3 Å². The Morgan fingerprint density at radius 3 is 2.47 bits per heavy atom. The quantitative estimate of drug-likeness (QED) is 0.486. The second-order valence-electron chi connectivity index (χ2n) is 4.14. The molecule has 0 bridgehead atoms. The van der Waals surface area contributed by atoms with Crippen molar-refractivity contribution in [2.75, 3.05) is 11.5 Å². The molecule has 1 atom stereocenters. The molecule has 1 amide bonds. The predicted octanol–water partition coefficient (Wildman–Crippen LogP) is 2.28. The van der Waals surface area contributed by atoms with Crippen LogP contribution in [-0.2, 0) is 20.9 Å². The van der Waals surface area contributed by atoms with Crippen molar-refractivity contribution in [3.8, 4) is 0 Å². The van der Waals surface area contributed by atoms with E-state index in [1.54, 1.807) is 6.92 Å². The van der Waals surface area contributed by atoms with E-state index in [0.29, 0.717) is 4.43 Å². The molecule has 0 saturated heterocycles. The highest BCUT2D eigenvalue weighted by Crippen LogP contribution is 2.11. The zero-order chi connectivity index (χ0) is 14.3. The van der Waals surface area contributed by atoms with Gasteiger partial charge in [-0.25, -0.2) is 9.59 Å². The Kier molecular flexibility index (Phi) is 6.07. The van der Waals surface area contributed by atoms with Crippen molar-refractivity contribution in [3.05, 3.63) is 35.9 Å². The maximum atomic E-state index is 11.7. The second-order valence-corrected chi connectivity index (χ2v) is 4.91. The van der Waals surface area contributed by atoms with Crippen molar-refractivity contribution in [1.29, 1.82) is 0 Å². The molecule has 0 fully saturated rings. The minimum Gasteiger partial charge on any atom is -0.467 e. The number of rotatable bonds is 5. The number of methoxy groups -OCH3 is 1. The van der Waals surface area contributed by atoms with Crippen molar-refractivity contribution in [1.82, 2.24) is 5.32 Å². The number of alkyl carbamates (subject to hydrolysis) is 1. The summed E-state index contributed by atoms with van der Waals surface area (Å²) in [6, 6.07) is 9.31. The first-order valence-corrected chi connectivity index (χ1v) is 7.17. The molecule has 1 rings (SSSR count). The molecule has 1 unspecified atom stereocenters. The summed E-state index contributed by atoms with van der Waals surface area (Å²) in [7, 11) is 1.28. The number of ether oxygens (including phenoxy) is 2. The summed E-state index contributed by atoms with van der Waals surface area (Å²) in [4.78, 5) is 23.2. The second kappa shape index (κ2) is 7.32. The van der Waals surface area contributed by atoms with Gasteiger partial charge in [-0.05, 0) is 12.5 Å². The number of carbonyl (C=O) groups excluding carboxylic acids is 2. The first-order valence-electron chi connectivity index (χ1n) is 5.65. The smallest absolute Gasteiger partial charge is 0.408 e. The molecule has 5 nitrogen and oxygen atoms in total. The largest absolute Gasteiger partial charge is 0.467 e. The van der Waals surface area contributed by atoms with Gasteiger partial charge in [-0.15, -0.1) is 0 Å². The average molecular weight is 377 g/mol. The van der Waals surface area contributed by atoms with E-state index in [2.05, 4.69) is 10.1 Å². The highest BCUT2D eigenvalue weighted by atomic mass is 127. The number of alkyl halides is 1. The van der Waals surface area contributed by atoms with E-state index in [1.165, 1.54) is 7.11 Å². The van der Waals surface area contributed by atoms with E-state index in [4.69, 9.17) is 4.74 Å². The molecule has 0 spiro atoms. The highest BCUT2D eigenvalue weighted by molar-refractivity contribution is 14.1. The van der Waals surface area contributed by atoms with Crippen LogP contribution in [0.4, 0.5) is 4.79 Å². The molecule has 1 N–H and O–H groups in total. The summed E-state index contributed by atoms with van der Waals surface area (Å²) < 4.78 is 10.1. The minimum absolute atomic E-state index is 0.158. The van der Waals surface area contributed by atoms with Crippen LogP contribution in [0.2, 0.25) is 0 Å². The van der Waals surface area contributed by atoms with E-state index in [-0.39, 0.29) is 6.61 Å². The Hall–Kier alpha value is -1.31. The Labute approximate surface area is 125 Å². The average Bonchev–Trinajstić information content (AvgIpc) is 2.45. The molecule has 19 heavy (non-hydrogen) atoms. The molecule has 0 saturated carbocycles. The van der Waals surface area contributed by atoms with Gasteiger partial charge in [0, 0.05) is 4.43 Å². The Morgan fingerprint density at radius 2 is 1.95 bits per heavy atom. The number of benzene rings is 1. The van der Waals surface area contributed by atoms with Gasteiger partial charge in [0.25, 0.3) is 0 Å².